The first-order chi connectivity index (χ1) is 12.6. The Kier molecular flexibility index (Phi) is 8.95. The van der Waals surface area contributed by atoms with Crippen LogP contribution < -0.4 is 5.32 Å². The van der Waals surface area contributed by atoms with Crippen molar-refractivity contribution in [1.82, 2.24) is 5.32 Å². The number of nitrogens with one attached hydrogen (secondary N) is 1. The number of hydrogen-bond acceptors (Lipinski definition) is 1. The lowest BCUT2D eigenvalue weighted by atomic mass is 9.87. The molecule has 3 heteroatoms. The van der Waals surface area contributed by atoms with Crippen molar-refractivity contribution >= 4 is 5.84 Å². The minimum absolute atomic E-state index is 0.435. The highest BCUT2D eigenvalue weighted by atomic mass is 19.1. The Bertz CT molecular complexity index is 648. The molecular formula is C24H37FN2. The molecule has 0 aliphatic heterocycles. The molecule has 0 bridgehead atoms. The van der Waals surface area contributed by atoms with Gasteiger partial charge in [-0.05, 0) is 66.2 Å². The van der Waals surface area contributed by atoms with Gasteiger partial charge >= 0.3 is 0 Å². The minimum atomic E-state index is -1.55. The molecule has 0 aromatic carbocycles. The number of allylic oxidation sites excluding steroid dienone is 6. The number of alkyl halides is 1. The van der Waals surface area contributed by atoms with Gasteiger partial charge in [-0.15, -0.1) is 0 Å². The van der Waals surface area contributed by atoms with Gasteiger partial charge in [-0.25, -0.2) is 9.38 Å². The van der Waals surface area contributed by atoms with Gasteiger partial charge in [0.15, 0.2) is 0 Å². The monoisotopic (exact) mass is 372 g/mol. The summed E-state index contributed by atoms with van der Waals surface area (Å²) in [4.78, 5) is 4.79. The maximum absolute atomic E-state index is 14.9. The summed E-state index contributed by atoms with van der Waals surface area (Å²) in [6.07, 6.45) is 12.1. The molecular weight excluding hydrogens is 335 g/mol. The summed E-state index contributed by atoms with van der Waals surface area (Å²) in [6, 6.07) is 0.435. The summed E-state index contributed by atoms with van der Waals surface area (Å²) < 4.78 is 14.9. The first-order valence-corrected chi connectivity index (χ1v) is 9.97. The van der Waals surface area contributed by atoms with E-state index in [1.54, 1.807) is 12.2 Å². The van der Waals surface area contributed by atoms with Crippen LogP contribution in [-0.2, 0) is 0 Å². The second-order valence-electron chi connectivity index (χ2n) is 8.07. The SMILES string of the molecule is C=CC(=C/C(C)=C\C)/C(/N=C(\C)N[C@H]1CC[C@H](C)CC1)=C(/C=C)C(C)(C)F. The fraction of sp³-hybridized carbons (Fsp3) is 0.542. The lowest BCUT2D eigenvalue weighted by Crippen LogP contribution is -2.36. The average molecular weight is 373 g/mol. The molecule has 0 radical (unpaired) electrons. The third-order valence-electron chi connectivity index (χ3n) is 5.14. The van der Waals surface area contributed by atoms with Crippen LogP contribution in [0, 0.1) is 5.92 Å². The third kappa shape index (κ3) is 7.32. The summed E-state index contributed by atoms with van der Waals surface area (Å²) in [5.74, 6) is 1.61. The smallest absolute Gasteiger partial charge is 0.132 e. The maximum Gasteiger partial charge on any atom is 0.132 e. The molecule has 1 fully saturated rings. The molecule has 1 N–H and O–H groups in total. The highest BCUT2D eigenvalue weighted by Crippen LogP contribution is 2.31. The van der Waals surface area contributed by atoms with Crippen molar-refractivity contribution in [3.8, 4) is 0 Å². The average Bonchev–Trinajstić information content (AvgIpc) is 2.60. The summed E-state index contributed by atoms with van der Waals surface area (Å²) in [6.45, 7) is 19.1. The normalized spacial score (nSPS) is 23.6. The van der Waals surface area contributed by atoms with Crippen molar-refractivity contribution < 1.29 is 4.39 Å². The van der Waals surface area contributed by atoms with Crippen LogP contribution in [0.4, 0.5) is 4.39 Å². The van der Waals surface area contributed by atoms with Gasteiger partial charge in [0, 0.05) is 17.2 Å². The van der Waals surface area contributed by atoms with Gasteiger partial charge in [0.25, 0.3) is 0 Å². The van der Waals surface area contributed by atoms with Crippen LogP contribution in [0.5, 0.6) is 0 Å². The molecule has 0 aromatic heterocycles. The number of aliphatic imine (C=N–C) groups is 1. The van der Waals surface area contributed by atoms with Crippen LogP contribution in [-0.4, -0.2) is 17.5 Å². The molecule has 0 spiro atoms. The van der Waals surface area contributed by atoms with Gasteiger partial charge in [-0.1, -0.05) is 50.0 Å². The van der Waals surface area contributed by atoms with E-state index in [1.807, 2.05) is 32.9 Å². The highest BCUT2D eigenvalue weighted by Gasteiger charge is 2.25. The van der Waals surface area contributed by atoms with Crippen molar-refractivity contribution in [1.29, 1.82) is 0 Å². The van der Waals surface area contributed by atoms with E-state index >= 15 is 0 Å². The van der Waals surface area contributed by atoms with Gasteiger partial charge in [0.1, 0.15) is 5.67 Å². The molecule has 0 unspecified atom stereocenters. The summed E-state index contributed by atoms with van der Waals surface area (Å²) >= 11 is 0. The standard InChI is InChI=1S/C24H37FN2/c1-9-17(4)16-20(10-2)23(22(11-3)24(7,8)25)27-19(6)26-21-14-12-18(5)13-15-21/h9-11,16,18,21H,2-3,12-15H2,1,4-8H3,(H,26,27)/b17-9-,20-16-,23-22+/t18-,21-. The Morgan fingerprint density at radius 2 is 1.70 bits per heavy atom. The van der Waals surface area contributed by atoms with Gasteiger partial charge in [0.05, 0.1) is 11.5 Å². The molecule has 150 valence electrons. The fourth-order valence-corrected chi connectivity index (χ4v) is 3.35. The first-order valence-electron chi connectivity index (χ1n) is 9.97. The molecule has 0 saturated heterocycles. The lowest BCUT2D eigenvalue weighted by Gasteiger charge is -2.28. The summed E-state index contributed by atoms with van der Waals surface area (Å²) in [7, 11) is 0. The van der Waals surface area contributed by atoms with Crippen LogP contribution in [0.15, 0.2) is 64.9 Å². The molecule has 1 rings (SSSR count). The van der Waals surface area contributed by atoms with Crippen molar-refractivity contribution in [3.63, 3.8) is 0 Å². The molecule has 0 atom stereocenters. The Labute approximate surface area is 165 Å². The minimum Gasteiger partial charge on any atom is -0.371 e. The quantitative estimate of drug-likeness (QED) is 0.295. The van der Waals surface area contributed by atoms with Crippen molar-refractivity contribution in [2.24, 2.45) is 10.9 Å². The lowest BCUT2D eigenvalue weighted by molar-refractivity contribution is 0.272. The number of nitrogens with zero attached hydrogens (tertiary/aromatic N) is 1. The summed E-state index contributed by atoms with van der Waals surface area (Å²) in [5, 5.41) is 3.53. The predicted molar refractivity (Wildman–Crippen MR) is 118 cm³/mol. The van der Waals surface area contributed by atoms with Crippen molar-refractivity contribution in [2.45, 2.75) is 78.9 Å². The molecule has 1 aliphatic rings. The van der Waals surface area contributed by atoms with E-state index in [-0.39, 0.29) is 0 Å². The van der Waals surface area contributed by atoms with Crippen LogP contribution in [0.2, 0.25) is 0 Å². The zero-order valence-corrected chi connectivity index (χ0v) is 18.0. The van der Waals surface area contributed by atoms with Crippen LogP contribution in [0.25, 0.3) is 0 Å². The molecule has 0 amide bonds. The topological polar surface area (TPSA) is 24.4 Å². The first kappa shape index (κ1) is 23.1. The van der Waals surface area contributed by atoms with Crippen LogP contribution >= 0.6 is 0 Å². The molecule has 27 heavy (non-hydrogen) atoms. The number of hydrogen-bond donors (Lipinski definition) is 1. The van der Waals surface area contributed by atoms with Gasteiger partial charge < -0.3 is 5.32 Å². The molecule has 1 aliphatic carbocycles. The van der Waals surface area contributed by atoms with E-state index in [1.165, 1.54) is 26.7 Å². The Morgan fingerprint density at radius 3 is 2.15 bits per heavy atom. The zero-order valence-electron chi connectivity index (χ0n) is 18.0. The second kappa shape index (κ2) is 10.4. The number of rotatable bonds is 7. The van der Waals surface area contributed by atoms with Crippen molar-refractivity contribution in [3.05, 3.63) is 59.9 Å². The number of halogens is 1. The Hall–Kier alpha value is -1.90. The third-order valence-corrected chi connectivity index (χ3v) is 5.14. The van der Waals surface area contributed by atoms with Crippen LogP contribution in [0.3, 0.4) is 0 Å². The zero-order chi connectivity index (χ0) is 20.6. The van der Waals surface area contributed by atoms with Gasteiger partial charge in [-0.3, -0.25) is 0 Å². The Morgan fingerprint density at radius 1 is 1.11 bits per heavy atom. The van der Waals surface area contributed by atoms with E-state index in [2.05, 4.69) is 25.4 Å². The Balaban J connectivity index is 3.33. The fourth-order valence-electron chi connectivity index (χ4n) is 3.35. The van der Waals surface area contributed by atoms with E-state index in [0.717, 1.165) is 35.7 Å². The van der Waals surface area contributed by atoms with E-state index in [9.17, 15) is 4.39 Å². The van der Waals surface area contributed by atoms with E-state index in [0.29, 0.717) is 17.3 Å². The highest BCUT2D eigenvalue weighted by molar-refractivity contribution is 5.82. The largest absolute Gasteiger partial charge is 0.371 e. The van der Waals surface area contributed by atoms with Gasteiger partial charge in [0.2, 0.25) is 0 Å². The molecule has 1 saturated carbocycles. The summed E-state index contributed by atoms with van der Waals surface area (Å²) in [5.41, 5.74) is 1.38. The van der Waals surface area contributed by atoms with E-state index < -0.39 is 5.67 Å². The maximum atomic E-state index is 14.9. The van der Waals surface area contributed by atoms with Crippen LogP contribution in [0.1, 0.15) is 67.2 Å². The molecule has 2 nitrogen and oxygen atoms in total. The second-order valence-corrected chi connectivity index (χ2v) is 8.07. The molecule has 0 aromatic rings. The van der Waals surface area contributed by atoms with E-state index in [4.69, 9.17) is 4.99 Å². The van der Waals surface area contributed by atoms with Crippen molar-refractivity contribution in [2.75, 3.05) is 0 Å². The van der Waals surface area contributed by atoms with Gasteiger partial charge in [-0.2, -0.15) is 0 Å². The predicted octanol–water partition coefficient (Wildman–Crippen LogP) is 6.84. The number of amidine groups is 1. The molecule has 0 heterocycles.